The minimum atomic E-state index is -3.99. The number of benzene rings is 3. The molecule has 0 radical (unpaired) electrons. The number of amides is 1. The van der Waals surface area contributed by atoms with Crippen molar-refractivity contribution in [2.45, 2.75) is 11.4 Å². The minimum absolute atomic E-state index is 0.0250. The number of fused-ring (bicyclic) bond motifs is 1. The molecule has 0 fully saturated rings. The van der Waals surface area contributed by atoms with E-state index in [-0.39, 0.29) is 24.5 Å². The summed E-state index contributed by atoms with van der Waals surface area (Å²) < 4.78 is 27.9. The largest absolute Gasteiger partial charge is 0.383 e. The Morgan fingerprint density at radius 1 is 0.865 bits per heavy atom. The molecule has 11 heteroatoms. The molecule has 2 N–H and O–H groups in total. The van der Waals surface area contributed by atoms with E-state index < -0.39 is 15.9 Å². The first kappa shape index (κ1) is 27.2. The number of anilines is 1. The number of nitrogens with zero attached hydrogens (tertiary/aromatic N) is 2. The lowest BCUT2D eigenvalue weighted by molar-refractivity contribution is -0.121. The lowest BCUT2D eigenvalue weighted by Crippen LogP contribution is -2.41. The van der Waals surface area contributed by atoms with Crippen LogP contribution in [0.25, 0.3) is 10.9 Å². The van der Waals surface area contributed by atoms with Crippen molar-refractivity contribution < 1.29 is 13.2 Å². The Morgan fingerprint density at radius 2 is 1.59 bits per heavy atom. The van der Waals surface area contributed by atoms with Gasteiger partial charge in [-0.2, -0.15) is 4.31 Å². The molecule has 0 spiro atoms. The zero-order valence-electron chi connectivity index (χ0n) is 19.5. The lowest BCUT2D eigenvalue weighted by atomic mass is 10.2. The van der Waals surface area contributed by atoms with Crippen LogP contribution in [0.1, 0.15) is 5.56 Å². The molecule has 1 aromatic heterocycles. The van der Waals surface area contributed by atoms with Gasteiger partial charge in [0.2, 0.25) is 15.9 Å². The topological polar surface area (TPSA) is 91.4 Å². The van der Waals surface area contributed by atoms with E-state index in [0.29, 0.717) is 27.2 Å². The van der Waals surface area contributed by atoms with Gasteiger partial charge in [0.05, 0.1) is 17.0 Å². The van der Waals surface area contributed by atoms with Gasteiger partial charge in [-0.1, -0.05) is 46.9 Å². The zero-order chi connectivity index (χ0) is 26.4. The predicted molar refractivity (Wildman–Crippen MR) is 149 cm³/mol. The molecule has 192 valence electrons. The van der Waals surface area contributed by atoms with E-state index in [2.05, 4.69) is 15.6 Å². The van der Waals surface area contributed by atoms with Crippen LogP contribution in [-0.2, 0) is 21.4 Å². The number of carbonyl (C=O) groups is 1. The van der Waals surface area contributed by atoms with Crippen LogP contribution in [-0.4, -0.2) is 43.2 Å². The first-order chi connectivity index (χ1) is 17.7. The molecule has 37 heavy (non-hydrogen) atoms. The molecule has 0 atom stereocenters. The Balaban J connectivity index is 1.42. The number of halogens is 3. The van der Waals surface area contributed by atoms with E-state index in [0.717, 1.165) is 20.9 Å². The first-order valence-corrected chi connectivity index (χ1v) is 13.8. The summed E-state index contributed by atoms with van der Waals surface area (Å²) in [5.41, 5.74) is 2.26. The monoisotopic (exact) mass is 576 g/mol. The van der Waals surface area contributed by atoms with E-state index in [1.165, 1.54) is 24.3 Å². The van der Waals surface area contributed by atoms with Gasteiger partial charge in [0, 0.05) is 52.0 Å². The highest BCUT2D eigenvalue weighted by atomic mass is 35.5. The first-order valence-electron chi connectivity index (χ1n) is 11.3. The van der Waals surface area contributed by atoms with Crippen LogP contribution in [0.3, 0.4) is 0 Å². The molecule has 0 aliphatic heterocycles. The molecule has 0 saturated carbocycles. The summed E-state index contributed by atoms with van der Waals surface area (Å²) in [4.78, 5) is 17.1. The fourth-order valence-corrected chi connectivity index (χ4v) is 5.60. The Hall–Kier alpha value is -2.88. The number of rotatable bonds is 10. The Kier molecular flexibility index (Phi) is 8.89. The van der Waals surface area contributed by atoms with Crippen molar-refractivity contribution >= 4 is 67.3 Å². The van der Waals surface area contributed by atoms with Crippen molar-refractivity contribution in [1.29, 1.82) is 0 Å². The minimum Gasteiger partial charge on any atom is -0.383 e. The van der Waals surface area contributed by atoms with Gasteiger partial charge in [-0.15, -0.1) is 0 Å². The molecule has 1 amide bonds. The third-order valence-electron chi connectivity index (χ3n) is 5.49. The Morgan fingerprint density at radius 3 is 2.35 bits per heavy atom. The van der Waals surface area contributed by atoms with E-state index in [1.807, 2.05) is 12.1 Å². The highest BCUT2D eigenvalue weighted by molar-refractivity contribution is 7.89. The maximum atomic E-state index is 13.4. The summed E-state index contributed by atoms with van der Waals surface area (Å²) >= 11 is 18.1. The van der Waals surface area contributed by atoms with Crippen molar-refractivity contribution in [3.05, 3.63) is 99.6 Å². The van der Waals surface area contributed by atoms with Crippen LogP contribution in [0.5, 0.6) is 0 Å². The highest BCUT2D eigenvalue weighted by Crippen LogP contribution is 2.24. The summed E-state index contributed by atoms with van der Waals surface area (Å²) in [7, 11) is -3.99. The van der Waals surface area contributed by atoms with Crippen LogP contribution < -0.4 is 10.6 Å². The average molecular weight is 578 g/mol. The van der Waals surface area contributed by atoms with Crippen molar-refractivity contribution in [3.63, 3.8) is 0 Å². The van der Waals surface area contributed by atoms with E-state index in [4.69, 9.17) is 34.8 Å². The average Bonchev–Trinajstić information content (AvgIpc) is 2.86. The number of sulfonamides is 1. The van der Waals surface area contributed by atoms with Gasteiger partial charge in [-0.05, 0) is 66.2 Å². The third-order valence-corrected chi connectivity index (χ3v) is 8.01. The van der Waals surface area contributed by atoms with Crippen molar-refractivity contribution in [2.75, 3.05) is 25.0 Å². The smallest absolute Gasteiger partial charge is 0.243 e. The number of pyridine rings is 1. The Bertz CT molecular complexity index is 1520. The molecule has 1 heterocycles. The molecule has 0 bridgehead atoms. The second kappa shape index (κ2) is 12.1. The SMILES string of the molecule is O=C(CN(Cc1cccc(Cl)c1)S(=O)(=O)c1ccc(Cl)cc1)NCCNc1ccnc2cc(Cl)ccc12. The van der Waals surface area contributed by atoms with Crippen LogP contribution in [0.15, 0.2) is 83.9 Å². The molecule has 4 aromatic rings. The summed E-state index contributed by atoms with van der Waals surface area (Å²) in [5, 5.41) is 8.43. The van der Waals surface area contributed by atoms with Gasteiger partial charge in [0.25, 0.3) is 0 Å². The molecular formula is C26H23Cl3N4O3S. The summed E-state index contributed by atoms with van der Waals surface area (Å²) in [5.74, 6) is -0.437. The Labute approximate surface area is 230 Å². The van der Waals surface area contributed by atoms with Crippen molar-refractivity contribution in [2.24, 2.45) is 0 Å². The van der Waals surface area contributed by atoms with Gasteiger partial charge in [0.15, 0.2) is 0 Å². The van der Waals surface area contributed by atoms with Gasteiger partial charge in [-0.25, -0.2) is 8.42 Å². The number of hydrogen-bond donors (Lipinski definition) is 2. The fourth-order valence-electron chi connectivity index (χ4n) is 3.71. The summed E-state index contributed by atoms with van der Waals surface area (Å²) in [6, 6.07) is 19.9. The summed E-state index contributed by atoms with van der Waals surface area (Å²) in [6.07, 6.45) is 1.68. The van der Waals surface area contributed by atoms with Crippen LogP contribution in [0, 0.1) is 0 Å². The van der Waals surface area contributed by atoms with Crippen LogP contribution >= 0.6 is 34.8 Å². The van der Waals surface area contributed by atoms with E-state index in [1.54, 1.807) is 42.6 Å². The number of hydrogen-bond acceptors (Lipinski definition) is 5. The van der Waals surface area contributed by atoms with Crippen molar-refractivity contribution in [3.8, 4) is 0 Å². The van der Waals surface area contributed by atoms with Gasteiger partial charge in [0.1, 0.15) is 0 Å². The number of carbonyl (C=O) groups excluding carboxylic acids is 1. The summed E-state index contributed by atoms with van der Waals surface area (Å²) in [6.45, 7) is 0.310. The van der Waals surface area contributed by atoms with Crippen molar-refractivity contribution in [1.82, 2.24) is 14.6 Å². The number of nitrogens with one attached hydrogen (secondary N) is 2. The lowest BCUT2D eigenvalue weighted by Gasteiger charge is -2.22. The molecule has 4 rings (SSSR count). The maximum absolute atomic E-state index is 13.4. The second-order valence-corrected chi connectivity index (χ2v) is 11.4. The maximum Gasteiger partial charge on any atom is 0.243 e. The quantitative estimate of drug-likeness (QED) is 0.239. The fraction of sp³-hybridized carbons (Fsp3) is 0.154. The molecular weight excluding hydrogens is 555 g/mol. The molecule has 0 unspecified atom stereocenters. The highest BCUT2D eigenvalue weighted by Gasteiger charge is 2.27. The second-order valence-electron chi connectivity index (χ2n) is 8.15. The molecule has 0 aliphatic rings. The zero-order valence-corrected chi connectivity index (χ0v) is 22.6. The standard InChI is InChI=1S/C26H23Cl3N4O3S/c27-19-4-7-22(8-5-19)37(35,36)33(16-18-2-1-3-20(28)14-18)17-26(34)32-13-12-31-24-10-11-30-25-15-21(29)6-9-23(24)25/h1-11,14-15H,12-13,16-17H2,(H,30,31)(H,32,34). The van der Waals surface area contributed by atoms with Gasteiger partial charge >= 0.3 is 0 Å². The van der Waals surface area contributed by atoms with Gasteiger partial charge in [-0.3, -0.25) is 9.78 Å². The molecule has 0 saturated heterocycles. The van der Waals surface area contributed by atoms with Crippen LogP contribution in [0.2, 0.25) is 15.1 Å². The number of aromatic nitrogens is 1. The normalized spacial score (nSPS) is 11.6. The van der Waals surface area contributed by atoms with E-state index in [9.17, 15) is 13.2 Å². The third kappa shape index (κ3) is 7.12. The molecule has 7 nitrogen and oxygen atoms in total. The molecule has 3 aromatic carbocycles. The van der Waals surface area contributed by atoms with Crippen LogP contribution in [0.4, 0.5) is 5.69 Å². The van der Waals surface area contributed by atoms with Gasteiger partial charge < -0.3 is 10.6 Å². The van der Waals surface area contributed by atoms with E-state index >= 15 is 0 Å². The predicted octanol–water partition coefficient (Wildman–Crippen LogP) is 5.61. The molecule has 0 aliphatic carbocycles.